The molecular formula is C30H37ClFN9O3. The van der Waals surface area contributed by atoms with Gasteiger partial charge in [0.25, 0.3) is 0 Å². The molecule has 2 amide bonds. The highest BCUT2D eigenvalue weighted by Crippen LogP contribution is 2.31. The van der Waals surface area contributed by atoms with Gasteiger partial charge in [-0.05, 0) is 74.1 Å². The summed E-state index contributed by atoms with van der Waals surface area (Å²) in [5.74, 6) is -0.738. The Morgan fingerprint density at radius 3 is 2.59 bits per heavy atom. The van der Waals surface area contributed by atoms with Gasteiger partial charge in [0.15, 0.2) is 11.8 Å². The first-order valence-electron chi connectivity index (χ1n) is 14.2. The number of nitrogens with one attached hydrogen (secondary N) is 4. The van der Waals surface area contributed by atoms with Gasteiger partial charge in [-0.3, -0.25) is 9.98 Å². The van der Waals surface area contributed by atoms with Crippen molar-refractivity contribution in [2.75, 3.05) is 13.1 Å². The normalized spacial score (nSPS) is 12.6. The molecule has 234 valence electrons. The van der Waals surface area contributed by atoms with Crippen LogP contribution in [0, 0.1) is 11.2 Å². The Bertz CT molecular complexity index is 1670. The zero-order valence-electron chi connectivity index (χ0n) is 24.3. The van der Waals surface area contributed by atoms with E-state index in [1.54, 1.807) is 36.5 Å². The van der Waals surface area contributed by atoms with Gasteiger partial charge < -0.3 is 37.6 Å². The summed E-state index contributed by atoms with van der Waals surface area (Å²) >= 11 is 6.23. The number of aromatic amines is 1. The number of nitrogens with zero attached hydrogens (tertiary/aromatic N) is 2. The number of aryl methyl sites for hydroxylation is 1. The monoisotopic (exact) mass is 625 g/mol. The van der Waals surface area contributed by atoms with E-state index in [1.165, 1.54) is 4.57 Å². The average molecular weight is 626 g/mol. The lowest BCUT2D eigenvalue weighted by Crippen LogP contribution is -2.39. The summed E-state index contributed by atoms with van der Waals surface area (Å²) in [4.78, 5) is 31.1. The number of amides is 2. The van der Waals surface area contributed by atoms with Gasteiger partial charge >= 0.3 is 11.7 Å². The molecule has 0 aliphatic rings. The first-order chi connectivity index (χ1) is 21.0. The summed E-state index contributed by atoms with van der Waals surface area (Å²) in [6.45, 7) is 2.77. The summed E-state index contributed by atoms with van der Waals surface area (Å²) < 4.78 is 22.4. The maximum absolute atomic E-state index is 15.1. The van der Waals surface area contributed by atoms with Gasteiger partial charge in [-0.25, -0.2) is 14.0 Å². The van der Waals surface area contributed by atoms with Crippen molar-refractivity contribution in [1.29, 1.82) is 5.41 Å². The highest BCUT2D eigenvalue weighted by atomic mass is 35.5. The number of fused-ring (bicyclic) bond motifs is 1. The van der Waals surface area contributed by atoms with E-state index < -0.39 is 17.5 Å². The third kappa shape index (κ3) is 8.78. The van der Waals surface area contributed by atoms with Gasteiger partial charge in [0.2, 0.25) is 0 Å². The molecule has 2 heterocycles. The third-order valence-corrected chi connectivity index (χ3v) is 7.27. The number of urea groups is 1. The molecule has 4 rings (SSSR count). The van der Waals surface area contributed by atoms with Crippen molar-refractivity contribution in [3.8, 4) is 16.9 Å². The lowest BCUT2D eigenvalue weighted by atomic mass is 10.0. The molecule has 0 bridgehead atoms. The number of carbonyl (C=O) groups is 1. The second-order valence-corrected chi connectivity index (χ2v) is 11.1. The molecule has 0 fully saturated rings. The number of ether oxygens (including phenoxy) is 1. The van der Waals surface area contributed by atoms with Crippen LogP contribution in [-0.4, -0.2) is 51.8 Å². The number of hydrogen-bond donors (Lipinski definition) is 7. The third-order valence-electron chi connectivity index (χ3n) is 7.00. The minimum absolute atomic E-state index is 0.0253. The number of halogens is 2. The SMILES string of the molecule is C[C@H](N)CCCc1cc(Cl)c(F)c(-c2cc3cn(-c4ccc(CO[C@H](CCNC(N)=O)CNC(=N)N)cc4)c(=O)nc3[nH]2)c1. The molecule has 2 aromatic heterocycles. The number of guanidine groups is 1. The molecule has 0 spiro atoms. The minimum Gasteiger partial charge on any atom is -0.372 e. The molecule has 0 aliphatic heterocycles. The van der Waals surface area contributed by atoms with Crippen LogP contribution in [0.2, 0.25) is 5.02 Å². The molecule has 4 aromatic rings. The first-order valence-corrected chi connectivity index (χ1v) is 14.6. The Morgan fingerprint density at radius 1 is 1.16 bits per heavy atom. The zero-order chi connectivity index (χ0) is 31.8. The van der Waals surface area contributed by atoms with Crippen molar-refractivity contribution in [3.63, 3.8) is 0 Å². The number of primary amides is 1. The minimum atomic E-state index is -0.632. The second kappa shape index (κ2) is 14.8. The van der Waals surface area contributed by atoms with Gasteiger partial charge in [-0.2, -0.15) is 4.98 Å². The van der Waals surface area contributed by atoms with Gasteiger partial charge in [0.1, 0.15) is 5.65 Å². The van der Waals surface area contributed by atoms with Gasteiger partial charge in [-0.15, -0.1) is 0 Å². The summed E-state index contributed by atoms with van der Waals surface area (Å²) in [6, 6.07) is 11.8. The van der Waals surface area contributed by atoms with Crippen LogP contribution in [0.25, 0.3) is 28.0 Å². The molecule has 2 atom stereocenters. The molecule has 0 saturated carbocycles. The Morgan fingerprint density at radius 2 is 1.91 bits per heavy atom. The highest BCUT2D eigenvalue weighted by molar-refractivity contribution is 6.31. The van der Waals surface area contributed by atoms with Crippen LogP contribution in [0.3, 0.4) is 0 Å². The van der Waals surface area contributed by atoms with Crippen molar-refractivity contribution in [2.24, 2.45) is 17.2 Å². The molecule has 0 saturated heterocycles. The highest BCUT2D eigenvalue weighted by Gasteiger charge is 2.16. The Kier molecular flexibility index (Phi) is 10.9. The van der Waals surface area contributed by atoms with Crippen molar-refractivity contribution < 1.29 is 13.9 Å². The van der Waals surface area contributed by atoms with Crippen LogP contribution in [0.4, 0.5) is 9.18 Å². The Labute approximate surface area is 258 Å². The maximum Gasteiger partial charge on any atom is 0.354 e. The molecule has 0 radical (unpaired) electrons. The lowest BCUT2D eigenvalue weighted by Gasteiger charge is -2.19. The number of nitrogens with two attached hydrogens (primary N) is 3. The standard InChI is InChI=1S/C30H37ClFN9O3/c1-17(33)3-2-4-19-11-23(26(32)24(31)12-19)25-13-20-15-41(30(43)40-27(20)39-25)21-7-5-18(6-8-21)16-44-22(14-38-28(34)35)9-10-37-29(36)42/h5-8,11-13,15,17,22H,2-4,9-10,14,16,33H2,1H3,(H4,34,35,38)(H3,36,37,42)(H,39,40,43)/t17-,22+/m0/s1. The molecule has 14 heteroatoms. The van der Waals surface area contributed by atoms with Crippen molar-refractivity contribution in [1.82, 2.24) is 25.2 Å². The van der Waals surface area contributed by atoms with Crippen molar-refractivity contribution in [3.05, 3.63) is 81.1 Å². The van der Waals surface area contributed by atoms with Gasteiger partial charge in [0, 0.05) is 36.3 Å². The quantitative estimate of drug-likeness (QED) is 0.0822. The van der Waals surface area contributed by atoms with Crippen LogP contribution in [0.5, 0.6) is 0 Å². The van der Waals surface area contributed by atoms with E-state index in [9.17, 15) is 9.59 Å². The average Bonchev–Trinajstić information content (AvgIpc) is 3.38. The van der Waals surface area contributed by atoms with Crippen LogP contribution in [0.1, 0.15) is 37.3 Å². The van der Waals surface area contributed by atoms with Crippen LogP contribution in [0.15, 0.2) is 53.5 Å². The summed E-state index contributed by atoms with van der Waals surface area (Å²) in [5.41, 5.74) is 19.3. The molecule has 2 aromatic carbocycles. The first kappa shape index (κ1) is 32.5. The van der Waals surface area contributed by atoms with Crippen LogP contribution < -0.4 is 33.5 Å². The van der Waals surface area contributed by atoms with Crippen LogP contribution >= 0.6 is 11.6 Å². The smallest absolute Gasteiger partial charge is 0.354 e. The van der Waals surface area contributed by atoms with E-state index in [0.29, 0.717) is 47.4 Å². The van der Waals surface area contributed by atoms with Gasteiger partial charge in [0.05, 0.1) is 29.1 Å². The number of rotatable bonds is 14. The van der Waals surface area contributed by atoms with E-state index >= 15 is 4.39 Å². The summed E-state index contributed by atoms with van der Waals surface area (Å²) in [7, 11) is 0. The maximum atomic E-state index is 15.1. The predicted octanol–water partition coefficient (Wildman–Crippen LogP) is 3.27. The molecular weight excluding hydrogens is 589 g/mol. The fourth-order valence-electron chi connectivity index (χ4n) is 4.73. The fourth-order valence-corrected chi connectivity index (χ4v) is 4.97. The van der Waals surface area contributed by atoms with Crippen molar-refractivity contribution >= 4 is 34.6 Å². The van der Waals surface area contributed by atoms with E-state index in [1.807, 2.05) is 19.1 Å². The second-order valence-electron chi connectivity index (χ2n) is 10.7. The number of benzene rings is 2. The summed E-state index contributed by atoms with van der Waals surface area (Å²) in [6.07, 6.45) is 4.16. The van der Waals surface area contributed by atoms with E-state index in [4.69, 9.17) is 38.9 Å². The van der Waals surface area contributed by atoms with E-state index in [-0.39, 0.29) is 36.3 Å². The largest absolute Gasteiger partial charge is 0.372 e. The number of aromatic nitrogens is 3. The summed E-state index contributed by atoms with van der Waals surface area (Å²) in [5, 5.41) is 13.2. The fraction of sp³-hybridized carbons (Fsp3) is 0.333. The lowest BCUT2D eigenvalue weighted by molar-refractivity contribution is 0.0387. The van der Waals surface area contributed by atoms with E-state index in [0.717, 1.165) is 24.0 Å². The van der Waals surface area contributed by atoms with Crippen molar-refractivity contribution in [2.45, 2.75) is 51.4 Å². The molecule has 12 nitrogen and oxygen atoms in total. The van der Waals surface area contributed by atoms with Gasteiger partial charge in [-0.1, -0.05) is 23.7 Å². The number of hydrogen-bond acceptors (Lipinski definition) is 6. The van der Waals surface area contributed by atoms with Crippen LogP contribution in [-0.2, 0) is 17.8 Å². The molecule has 0 unspecified atom stereocenters. The predicted molar refractivity (Wildman–Crippen MR) is 169 cm³/mol. The Balaban J connectivity index is 1.50. The topological polar surface area (TPSA) is 203 Å². The van der Waals surface area contributed by atoms with E-state index in [2.05, 4.69) is 20.6 Å². The molecule has 0 aliphatic carbocycles. The molecule has 10 N–H and O–H groups in total. The Hall–Kier alpha value is -4.46. The zero-order valence-corrected chi connectivity index (χ0v) is 25.1. The number of carbonyl (C=O) groups excluding carboxylic acids is 1. The number of H-pyrrole nitrogens is 1. The molecule has 44 heavy (non-hydrogen) atoms.